The largest absolute Gasteiger partial charge is 0.508 e. The van der Waals surface area contributed by atoms with Crippen LogP contribution in [0.1, 0.15) is 18.5 Å². The number of phenolic OH excluding ortho intramolecular Hbond substituents is 1. The van der Waals surface area contributed by atoms with Gasteiger partial charge >= 0.3 is 0 Å². The average molecular weight is 408 g/mol. The van der Waals surface area contributed by atoms with Crippen LogP contribution in [0.2, 0.25) is 10.0 Å². The van der Waals surface area contributed by atoms with Gasteiger partial charge in [-0.3, -0.25) is 9.69 Å². The minimum atomic E-state index is -0.134. The number of halogens is 2. The maximum Gasteiger partial charge on any atom is 0.234 e. The summed E-state index contributed by atoms with van der Waals surface area (Å²) in [6.45, 7) is 5.63. The van der Waals surface area contributed by atoms with Gasteiger partial charge in [-0.05, 0) is 48.9 Å². The summed E-state index contributed by atoms with van der Waals surface area (Å²) in [4.78, 5) is 16.8. The van der Waals surface area contributed by atoms with E-state index in [4.69, 9.17) is 23.2 Å². The zero-order valence-electron chi connectivity index (χ0n) is 15.2. The van der Waals surface area contributed by atoms with Crippen molar-refractivity contribution in [1.29, 1.82) is 0 Å². The predicted octanol–water partition coefficient (Wildman–Crippen LogP) is 3.70. The Morgan fingerprint density at radius 2 is 1.74 bits per heavy atom. The van der Waals surface area contributed by atoms with E-state index in [1.807, 2.05) is 25.1 Å². The molecule has 0 unspecified atom stereocenters. The summed E-state index contributed by atoms with van der Waals surface area (Å²) in [6, 6.07) is 12.5. The Balaban J connectivity index is 1.47. The minimum absolute atomic E-state index is 0.00773. The van der Waals surface area contributed by atoms with Gasteiger partial charge in [0.05, 0.1) is 22.6 Å². The van der Waals surface area contributed by atoms with Crippen LogP contribution in [0, 0.1) is 0 Å². The molecule has 0 spiro atoms. The fraction of sp³-hybridized carbons (Fsp3) is 0.350. The quantitative estimate of drug-likeness (QED) is 0.793. The number of carbonyl (C=O) groups is 1. The van der Waals surface area contributed by atoms with Crippen LogP contribution in [0.5, 0.6) is 5.75 Å². The maximum atomic E-state index is 12.4. The van der Waals surface area contributed by atoms with Crippen molar-refractivity contribution in [2.45, 2.75) is 13.0 Å². The molecule has 7 heteroatoms. The van der Waals surface area contributed by atoms with Crippen LogP contribution in [0.3, 0.4) is 0 Å². The number of phenols is 1. The second kappa shape index (κ2) is 8.83. The first-order valence-electron chi connectivity index (χ1n) is 8.93. The molecule has 5 nitrogen and oxygen atoms in total. The van der Waals surface area contributed by atoms with E-state index in [1.165, 1.54) is 0 Å². The first-order chi connectivity index (χ1) is 12.9. The molecule has 0 aromatic heterocycles. The van der Waals surface area contributed by atoms with Crippen molar-refractivity contribution < 1.29 is 9.90 Å². The van der Waals surface area contributed by atoms with Crippen molar-refractivity contribution >= 4 is 34.8 Å². The number of nitrogens with one attached hydrogen (secondary N) is 1. The second-order valence-electron chi connectivity index (χ2n) is 6.74. The molecular formula is C20H23Cl2N3O2. The van der Waals surface area contributed by atoms with Crippen LogP contribution in [-0.4, -0.2) is 48.6 Å². The number of rotatable bonds is 5. The standard InChI is InChI=1S/C20H23Cl2N3O2/c1-14(15-2-7-18(21)19(22)12-15)23-20(27)13-24-8-10-25(11-9-24)16-3-5-17(26)6-4-16/h2-7,12,14,26H,8-11,13H2,1H3,(H,23,27)/t14-/m0/s1. The molecule has 144 valence electrons. The molecule has 0 radical (unpaired) electrons. The van der Waals surface area contributed by atoms with Gasteiger partial charge in [0.1, 0.15) is 5.75 Å². The van der Waals surface area contributed by atoms with Crippen molar-refractivity contribution in [2.75, 3.05) is 37.6 Å². The first kappa shape index (κ1) is 19.8. The molecule has 1 atom stereocenters. The Hall–Kier alpha value is -1.95. The van der Waals surface area contributed by atoms with Crippen LogP contribution >= 0.6 is 23.2 Å². The molecular weight excluding hydrogens is 385 g/mol. The summed E-state index contributed by atoms with van der Waals surface area (Å²) in [5, 5.41) is 13.4. The normalized spacial score (nSPS) is 16.2. The molecule has 3 rings (SSSR count). The van der Waals surface area contributed by atoms with Crippen LogP contribution in [0.4, 0.5) is 5.69 Å². The van der Waals surface area contributed by atoms with E-state index in [2.05, 4.69) is 15.1 Å². The maximum absolute atomic E-state index is 12.4. The van der Waals surface area contributed by atoms with Gasteiger partial charge in [0, 0.05) is 31.9 Å². The third kappa shape index (κ3) is 5.28. The summed E-state index contributed by atoms with van der Waals surface area (Å²) in [5.41, 5.74) is 2.01. The van der Waals surface area contributed by atoms with Gasteiger partial charge in [0.2, 0.25) is 5.91 Å². The van der Waals surface area contributed by atoms with Crippen LogP contribution in [0.25, 0.3) is 0 Å². The highest BCUT2D eigenvalue weighted by Gasteiger charge is 2.20. The number of benzene rings is 2. The van der Waals surface area contributed by atoms with Gasteiger partial charge in [0.25, 0.3) is 0 Å². The molecule has 0 saturated carbocycles. The number of carbonyl (C=O) groups excluding carboxylic acids is 1. The van der Waals surface area contributed by atoms with E-state index in [0.717, 1.165) is 37.4 Å². The molecule has 2 N–H and O–H groups in total. The molecule has 1 saturated heterocycles. The Labute approximate surface area is 169 Å². The van der Waals surface area contributed by atoms with Crippen molar-refractivity contribution in [3.8, 4) is 5.75 Å². The van der Waals surface area contributed by atoms with E-state index < -0.39 is 0 Å². The molecule has 1 aliphatic heterocycles. The topological polar surface area (TPSA) is 55.8 Å². The molecule has 1 fully saturated rings. The third-order valence-corrected chi connectivity index (χ3v) is 5.51. The van der Waals surface area contributed by atoms with Crippen molar-refractivity contribution in [3.05, 3.63) is 58.1 Å². The number of piperazine rings is 1. The van der Waals surface area contributed by atoms with E-state index in [9.17, 15) is 9.90 Å². The van der Waals surface area contributed by atoms with Crippen LogP contribution in [0.15, 0.2) is 42.5 Å². The lowest BCUT2D eigenvalue weighted by Crippen LogP contribution is -2.49. The van der Waals surface area contributed by atoms with E-state index >= 15 is 0 Å². The van der Waals surface area contributed by atoms with E-state index in [0.29, 0.717) is 16.6 Å². The van der Waals surface area contributed by atoms with Gasteiger partial charge in [-0.15, -0.1) is 0 Å². The second-order valence-corrected chi connectivity index (χ2v) is 7.56. The van der Waals surface area contributed by atoms with Gasteiger partial charge < -0.3 is 15.3 Å². The summed E-state index contributed by atoms with van der Waals surface area (Å²) in [5.74, 6) is 0.261. The highest BCUT2D eigenvalue weighted by Crippen LogP contribution is 2.25. The summed E-state index contributed by atoms with van der Waals surface area (Å²) in [7, 11) is 0. The molecule has 27 heavy (non-hydrogen) atoms. The van der Waals surface area contributed by atoms with Crippen molar-refractivity contribution in [2.24, 2.45) is 0 Å². The summed E-state index contributed by atoms with van der Waals surface area (Å²) in [6.07, 6.45) is 0. The monoisotopic (exact) mass is 407 g/mol. The predicted molar refractivity (Wildman–Crippen MR) is 110 cm³/mol. The molecule has 2 aromatic carbocycles. The third-order valence-electron chi connectivity index (χ3n) is 4.78. The van der Waals surface area contributed by atoms with Crippen LogP contribution < -0.4 is 10.2 Å². The first-order valence-corrected chi connectivity index (χ1v) is 9.68. The van der Waals surface area contributed by atoms with E-state index in [-0.39, 0.29) is 17.7 Å². The van der Waals surface area contributed by atoms with Gasteiger partial charge in [0.15, 0.2) is 0 Å². The lowest BCUT2D eigenvalue weighted by Gasteiger charge is -2.35. The average Bonchev–Trinajstić information content (AvgIpc) is 2.65. The van der Waals surface area contributed by atoms with Gasteiger partial charge in [-0.25, -0.2) is 0 Å². The number of aromatic hydroxyl groups is 1. The molecule has 0 aliphatic carbocycles. The summed E-state index contributed by atoms with van der Waals surface area (Å²) < 4.78 is 0. The number of hydrogen-bond donors (Lipinski definition) is 2. The Kier molecular flexibility index (Phi) is 6.47. The Morgan fingerprint density at radius 3 is 2.37 bits per heavy atom. The minimum Gasteiger partial charge on any atom is -0.508 e. The molecule has 2 aromatic rings. The van der Waals surface area contributed by atoms with Crippen LogP contribution in [-0.2, 0) is 4.79 Å². The number of amides is 1. The Bertz CT molecular complexity index is 790. The molecule has 1 amide bonds. The zero-order valence-corrected chi connectivity index (χ0v) is 16.7. The smallest absolute Gasteiger partial charge is 0.234 e. The summed E-state index contributed by atoms with van der Waals surface area (Å²) >= 11 is 12.0. The SMILES string of the molecule is C[C@H](NC(=O)CN1CCN(c2ccc(O)cc2)CC1)c1ccc(Cl)c(Cl)c1. The van der Waals surface area contributed by atoms with E-state index in [1.54, 1.807) is 24.3 Å². The Morgan fingerprint density at radius 1 is 1.07 bits per heavy atom. The number of anilines is 1. The van der Waals surface area contributed by atoms with Gasteiger partial charge in [-0.2, -0.15) is 0 Å². The fourth-order valence-electron chi connectivity index (χ4n) is 3.18. The lowest BCUT2D eigenvalue weighted by atomic mass is 10.1. The highest BCUT2D eigenvalue weighted by molar-refractivity contribution is 6.42. The molecule has 1 heterocycles. The molecule has 1 aliphatic rings. The molecule has 0 bridgehead atoms. The zero-order chi connectivity index (χ0) is 19.4. The lowest BCUT2D eigenvalue weighted by molar-refractivity contribution is -0.123. The van der Waals surface area contributed by atoms with Crippen molar-refractivity contribution in [3.63, 3.8) is 0 Å². The fourth-order valence-corrected chi connectivity index (χ4v) is 3.49. The van der Waals surface area contributed by atoms with Gasteiger partial charge in [-0.1, -0.05) is 29.3 Å². The number of nitrogens with zero attached hydrogens (tertiary/aromatic N) is 2. The highest BCUT2D eigenvalue weighted by atomic mass is 35.5. The van der Waals surface area contributed by atoms with Crippen molar-refractivity contribution in [1.82, 2.24) is 10.2 Å². The number of hydrogen-bond acceptors (Lipinski definition) is 4.